The minimum atomic E-state index is 0.331. The highest BCUT2D eigenvalue weighted by Gasteiger charge is 2.37. The van der Waals surface area contributed by atoms with Crippen LogP contribution >= 0.6 is 0 Å². The second-order valence-electron chi connectivity index (χ2n) is 8.11. The van der Waals surface area contributed by atoms with Crippen molar-refractivity contribution in [2.24, 2.45) is 10.8 Å². The summed E-state index contributed by atoms with van der Waals surface area (Å²) in [6, 6.07) is 6.51. The van der Waals surface area contributed by atoms with Crippen molar-refractivity contribution < 1.29 is 4.74 Å². The molecule has 1 heterocycles. The van der Waals surface area contributed by atoms with E-state index in [2.05, 4.69) is 44.3 Å². The molecule has 2 aliphatic rings. The van der Waals surface area contributed by atoms with Gasteiger partial charge >= 0.3 is 0 Å². The summed E-state index contributed by atoms with van der Waals surface area (Å²) in [5.41, 5.74) is 3.64. The van der Waals surface area contributed by atoms with Gasteiger partial charge in [0.25, 0.3) is 0 Å². The number of rotatable bonds is 3. The molecule has 1 aliphatic heterocycles. The number of ether oxygens (including phenoxy) is 1. The smallest absolute Gasteiger partial charge is 0.122 e. The number of hydrogen-bond donors (Lipinski definition) is 1. The summed E-state index contributed by atoms with van der Waals surface area (Å²) < 4.78 is 6.31. The van der Waals surface area contributed by atoms with Crippen molar-refractivity contribution >= 4 is 0 Å². The monoisotopic (exact) mass is 287 g/mol. The van der Waals surface area contributed by atoms with Crippen LogP contribution in [-0.4, -0.2) is 13.2 Å². The van der Waals surface area contributed by atoms with E-state index in [-0.39, 0.29) is 0 Å². The van der Waals surface area contributed by atoms with Gasteiger partial charge in [-0.15, -0.1) is 0 Å². The normalized spacial score (nSPS) is 28.0. The molecule has 3 rings (SSSR count). The van der Waals surface area contributed by atoms with Crippen molar-refractivity contribution in [1.29, 1.82) is 0 Å². The maximum atomic E-state index is 6.31. The van der Waals surface area contributed by atoms with Crippen LogP contribution in [0.25, 0.3) is 0 Å². The Morgan fingerprint density at radius 1 is 1.19 bits per heavy atom. The molecule has 0 radical (unpaired) electrons. The molecule has 1 aromatic carbocycles. The zero-order valence-corrected chi connectivity index (χ0v) is 13.8. The Morgan fingerprint density at radius 2 is 2.05 bits per heavy atom. The first-order valence-electron chi connectivity index (χ1n) is 8.42. The van der Waals surface area contributed by atoms with Crippen LogP contribution in [-0.2, 0) is 13.0 Å². The average molecular weight is 287 g/mol. The molecule has 1 aromatic rings. The van der Waals surface area contributed by atoms with Gasteiger partial charge in [0, 0.05) is 12.0 Å². The maximum absolute atomic E-state index is 6.31. The van der Waals surface area contributed by atoms with Crippen molar-refractivity contribution in [1.82, 2.24) is 5.32 Å². The Morgan fingerprint density at radius 3 is 2.86 bits per heavy atom. The molecule has 1 N–H and O–H groups in total. The zero-order valence-electron chi connectivity index (χ0n) is 13.8. The van der Waals surface area contributed by atoms with Crippen LogP contribution in [0.2, 0.25) is 0 Å². The van der Waals surface area contributed by atoms with Crippen molar-refractivity contribution in [2.45, 2.75) is 59.4 Å². The first-order valence-corrected chi connectivity index (χ1v) is 8.42. The molecule has 1 fully saturated rings. The standard InChI is InChI=1S/C19H29NO/c1-18(2)9-5-10-19(3,13-18)14-21-17-7-4-6-15-12-20-11-8-16(15)17/h4,6-7,20H,5,8-14H2,1-3H3. The van der Waals surface area contributed by atoms with Gasteiger partial charge in [0.1, 0.15) is 5.75 Å². The van der Waals surface area contributed by atoms with Gasteiger partial charge in [-0.2, -0.15) is 0 Å². The molecule has 0 bridgehead atoms. The van der Waals surface area contributed by atoms with Crippen LogP contribution in [0.1, 0.15) is 57.6 Å². The van der Waals surface area contributed by atoms with Gasteiger partial charge in [-0.1, -0.05) is 39.3 Å². The largest absolute Gasteiger partial charge is 0.493 e. The fourth-order valence-corrected chi connectivity index (χ4v) is 4.33. The third kappa shape index (κ3) is 3.42. The van der Waals surface area contributed by atoms with Crippen LogP contribution < -0.4 is 10.1 Å². The molecule has 0 aromatic heterocycles. The lowest BCUT2D eigenvalue weighted by atomic mass is 9.65. The molecule has 1 aliphatic carbocycles. The summed E-state index contributed by atoms with van der Waals surface area (Å²) in [6.45, 7) is 10.1. The highest BCUT2D eigenvalue weighted by molar-refractivity contribution is 5.41. The Bertz CT molecular complexity index is 508. The van der Waals surface area contributed by atoms with E-state index in [1.165, 1.54) is 36.8 Å². The van der Waals surface area contributed by atoms with Crippen LogP contribution in [0.15, 0.2) is 18.2 Å². The van der Waals surface area contributed by atoms with Gasteiger partial charge in [0.05, 0.1) is 6.61 Å². The summed E-state index contributed by atoms with van der Waals surface area (Å²) in [5.74, 6) is 1.12. The second kappa shape index (κ2) is 5.64. The molecule has 2 nitrogen and oxygen atoms in total. The topological polar surface area (TPSA) is 21.3 Å². The summed E-state index contributed by atoms with van der Waals surface area (Å²) >= 11 is 0. The van der Waals surface area contributed by atoms with Crippen LogP contribution in [0.3, 0.4) is 0 Å². The third-order valence-electron chi connectivity index (χ3n) is 5.21. The summed E-state index contributed by atoms with van der Waals surface area (Å²) in [6.07, 6.45) is 6.36. The predicted molar refractivity (Wildman–Crippen MR) is 87.7 cm³/mol. The van der Waals surface area contributed by atoms with E-state index in [1.54, 1.807) is 0 Å². The van der Waals surface area contributed by atoms with Crippen LogP contribution in [0.4, 0.5) is 0 Å². The second-order valence-corrected chi connectivity index (χ2v) is 8.11. The van der Waals surface area contributed by atoms with E-state index >= 15 is 0 Å². The van der Waals surface area contributed by atoms with Gasteiger partial charge in [-0.25, -0.2) is 0 Å². The third-order valence-corrected chi connectivity index (χ3v) is 5.21. The number of nitrogens with one attached hydrogen (secondary N) is 1. The molecule has 1 atom stereocenters. The van der Waals surface area contributed by atoms with E-state index in [1.807, 2.05) is 0 Å². The maximum Gasteiger partial charge on any atom is 0.122 e. The lowest BCUT2D eigenvalue weighted by Crippen LogP contribution is -2.35. The van der Waals surface area contributed by atoms with Crippen molar-refractivity contribution in [3.63, 3.8) is 0 Å². The SMILES string of the molecule is CC1(C)CCCC(C)(COc2cccc3c2CCNC3)C1. The lowest BCUT2D eigenvalue weighted by molar-refractivity contribution is 0.0501. The van der Waals surface area contributed by atoms with Crippen LogP contribution in [0, 0.1) is 10.8 Å². The first-order chi connectivity index (χ1) is 9.98. The number of fused-ring (bicyclic) bond motifs is 1. The van der Waals surface area contributed by atoms with Crippen molar-refractivity contribution in [3.8, 4) is 5.75 Å². The van der Waals surface area contributed by atoms with Crippen LogP contribution in [0.5, 0.6) is 5.75 Å². The molecule has 21 heavy (non-hydrogen) atoms. The first kappa shape index (κ1) is 14.9. The highest BCUT2D eigenvalue weighted by Crippen LogP contribution is 2.46. The molecule has 1 unspecified atom stereocenters. The van der Waals surface area contributed by atoms with Gasteiger partial charge < -0.3 is 10.1 Å². The zero-order chi connectivity index (χ0) is 14.9. The molecule has 116 valence electrons. The summed E-state index contributed by atoms with van der Waals surface area (Å²) in [7, 11) is 0. The lowest BCUT2D eigenvalue weighted by Gasteiger charge is -2.42. The Balaban J connectivity index is 1.70. The average Bonchev–Trinajstić information content (AvgIpc) is 2.44. The highest BCUT2D eigenvalue weighted by atomic mass is 16.5. The Hall–Kier alpha value is -1.02. The molecule has 0 amide bonds. The Labute approximate surface area is 129 Å². The molecule has 1 saturated carbocycles. The summed E-state index contributed by atoms with van der Waals surface area (Å²) in [5, 5.41) is 3.44. The molecular formula is C19H29NO. The van der Waals surface area contributed by atoms with E-state index in [4.69, 9.17) is 4.74 Å². The van der Waals surface area contributed by atoms with Gasteiger partial charge in [0.15, 0.2) is 0 Å². The molecular weight excluding hydrogens is 258 g/mol. The predicted octanol–water partition coefficient (Wildman–Crippen LogP) is 4.32. The van der Waals surface area contributed by atoms with E-state index in [0.717, 1.165) is 31.9 Å². The fourth-order valence-electron chi connectivity index (χ4n) is 4.33. The van der Waals surface area contributed by atoms with Gasteiger partial charge in [0.2, 0.25) is 0 Å². The van der Waals surface area contributed by atoms with E-state index in [0.29, 0.717) is 10.8 Å². The van der Waals surface area contributed by atoms with Gasteiger partial charge in [-0.3, -0.25) is 0 Å². The quantitative estimate of drug-likeness (QED) is 0.894. The van der Waals surface area contributed by atoms with Gasteiger partial charge in [-0.05, 0) is 54.8 Å². The molecule has 0 spiro atoms. The minimum absolute atomic E-state index is 0.331. The van der Waals surface area contributed by atoms with Crippen molar-refractivity contribution in [2.75, 3.05) is 13.2 Å². The fraction of sp³-hybridized carbons (Fsp3) is 0.684. The molecule has 2 heteroatoms. The van der Waals surface area contributed by atoms with E-state index < -0.39 is 0 Å². The van der Waals surface area contributed by atoms with Crippen molar-refractivity contribution in [3.05, 3.63) is 29.3 Å². The number of hydrogen-bond acceptors (Lipinski definition) is 2. The molecule has 0 saturated heterocycles. The summed E-state index contributed by atoms with van der Waals surface area (Å²) in [4.78, 5) is 0. The Kier molecular flexibility index (Phi) is 4.00. The minimum Gasteiger partial charge on any atom is -0.493 e. The van der Waals surface area contributed by atoms with E-state index in [9.17, 15) is 0 Å². The number of benzene rings is 1.